The van der Waals surface area contributed by atoms with E-state index in [0.29, 0.717) is 0 Å². The molecular formula is C18H29N3O3. The highest BCUT2D eigenvalue weighted by atomic mass is 16.6. The van der Waals surface area contributed by atoms with E-state index in [1.54, 1.807) is 7.11 Å². The van der Waals surface area contributed by atoms with Crippen LogP contribution in [0.25, 0.3) is 0 Å². The van der Waals surface area contributed by atoms with Crippen LogP contribution in [0.15, 0.2) is 0 Å². The first-order valence-corrected chi connectivity index (χ1v) is 8.92. The van der Waals surface area contributed by atoms with E-state index in [1.165, 1.54) is 11.3 Å². The van der Waals surface area contributed by atoms with Crippen molar-refractivity contribution in [2.45, 2.75) is 70.9 Å². The maximum absolute atomic E-state index is 12.3. The molecule has 2 heterocycles. The van der Waals surface area contributed by atoms with Crippen LogP contribution in [0.4, 0.5) is 4.79 Å². The summed E-state index contributed by atoms with van der Waals surface area (Å²) in [4.78, 5) is 14.1. The van der Waals surface area contributed by atoms with Crippen molar-refractivity contribution in [1.82, 2.24) is 14.7 Å². The van der Waals surface area contributed by atoms with Crippen LogP contribution < -0.4 is 4.74 Å². The maximum Gasteiger partial charge on any atom is 0.410 e. The number of carbonyl (C=O) groups excluding carboxylic acids is 1. The third-order valence-corrected chi connectivity index (χ3v) is 5.23. The zero-order valence-electron chi connectivity index (χ0n) is 15.5. The molecule has 0 bridgehead atoms. The van der Waals surface area contributed by atoms with E-state index < -0.39 is 5.60 Å². The minimum Gasteiger partial charge on any atom is -0.480 e. The van der Waals surface area contributed by atoms with Gasteiger partial charge in [0.05, 0.1) is 12.8 Å². The fourth-order valence-electron chi connectivity index (χ4n) is 4.10. The monoisotopic (exact) mass is 335 g/mol. The number of aryl methyl sites for hydroxylation is 1. The first-order chi connectivity index (χ1) is 11.3. The summed E-state index contributed by atoms with van der Waals surface area (Å²) in [5.41, 5.74) is 2.30. The Morgan fingerprint density at radius 1 is 1.25 bits per heavy atom. The van der Waals surface area contributed by atoms with Gasteiger partial charge in [0.15, 0.2) is 0 Å². The molecule has 1 aromatic rings. The zero-order chi connectivity index (χ0) is 17.5. The van der Waals surface area contributed by atoms with Crippen LogP contribution in [-0.4, -0.2) is 46.6 Å². The Morgan fingerprint density at radius 3 is 2.46 bits per heavy atom. The molecule has 0 radical (unpaired) electrons. The Hall–Kier alpha value is -1.72. The Morgan fingerprint density at radius 2 is 1.92 bits per heavy atom. The number of carbonyl (C=O) groups is 1. The molecule has 0 aromatic carbocycles. The summed E-state index contributed by atoms with van der Waals surface area (Å²) < 4.78 is 13.1. The molecule has 1 fully saturated rings. The van der Waals surface area contributed by atoms with Gasteiger partial charge >= 0.3 is 6.09 Å². The van der Waals surface area contributed by atoms with Crippen LogP contribution in [0.5, 0.6) is 5.88 Å². The topological polar surface area (TPSA) is 56.6 Å². The number of rotatable bonds is 2. The highest BCUT2D eigenvalue weighted by Gasteiger charge is 2.46. The van der Waals surface area contributed by atoms with Crippen molar-refractivity contribution in [3.05, 3.63) is 11.3 Å². The summed E-state index contributed by atoms with van der Waals surface area (Å²) in [5, 5.41) is 4.61. The van der Waals surface area contributed by atoms with Crippen LogP contribution >= 0.6 is 0 Å². The standard InChI is InChI=1S/C18H29N3O3/c1-6-21-14-13(15(19-21)23-5)7-8-18(14)9-11-20(12-10-18)16(22)24-17(2,3)4/h6-12H2,1-5H3. The first kappa shape index (κ1) is 17.1. The molecule has 1 amide bonds. The van der Waals surface area contributed by atoms with Crippen molar-refractivity contribution in [2.24, 2.45) is 0 Å². The molecule has 6 heteroatoms. The summed E-state index contributed by atoms with van der Waals surface area (Å²) in [7, 11) is 1.69. The van der Waals surface area contributed by atoms with Crippen LogP contribution in [-0.2, 0) is 23.1 Å². The first-order valence-electron chi connectivity index (χ1n) is 8.92. The van der Waals surface area contributed by atoms with E-state index in [1.807, 2.05) is 25.7 Å². The van der Waals surface area contributed by atoms with Crippen molar-refractivity contribution >= 4 is 6.09 Å². The van der Waals surface area contributed by atoms with E-state index in [0.717, 1.165) is 51.2 Å². The van der Waals surface area contributed by atoms with Gasteiger partial charge in [-0.15, -0.1) is 5.10 Å². The average Bonchev–Trinajstić information content (AvgIpc) is 3.06. The van der Waals surface area contributed by atoms with E-state index in [9.17, 15) is 4.79 Å². The van der Waals surface area contributed by atoms with Gasteiger partial charge in [0.25, 0.3) is 0 Å². The summed E-state index contributed by atoms with van der Waals surface area (Å²) in [5.74, 6) is 0.776. The predicted molar refractivity (Wildman–Crippen MR) is 91.5 cm³/mol. The smallest absolute Gasteiger partial charge is 0.410 e. The van der Waals surface area contributed by atoms with E-state index in [4.69, 9.17) is 9.47 Å². The van der Waals surface area contributed by atoms with Gasteiger partial charge in [0.2, 0.25) is 5.88 Å². The number of hydrogen-bond acceptors (Lipinski definition) is 4. The third-order valence-electron chi connectivity index (χ3n) is 5.23. The lowest BCUT2D eigenvalue weighted by Crippen LogP contribution is -2.46. The lowest BCUT2D eigenvalue weighted by molar-refractivity contribution is 0.0160. The molecule has 1 aliphatic carbocycles. The van der Waals surface area contributed by atoms with E-state index >= 15 is 0 Å². The molecule has 0 saturated carbocycles. The summed E-state index contributed by atoms with van der Waals surface area (Å²) in [6.45, 7) is 10.2. The molecule has 0 atom stereocenters. The Bertz CT molecular complexity index is 622. The van der Waals surface area contributed by atoms with Gasteiger partial charge in [-0.2, -0.15) is 0 Å². The Kier molecular flexibility index (Phi) is 4.26. The minimum absolute atomic E-state index is 0.133. The van der Waals surface area contributed by atoms with Crippen molar-refractivity contribution < 1.29 is 14.3 Å². The molecule has 6 nitrogen and oxygen atoms in total. The molecule has 1 spiro atoms. The second-order valence-electron chi connectivity index (χ2n) is 7.90. The van der Waals surface area contributed by atoms with Gasteiger partial charge < -0.3 is 14.4 Å². The van der Waals surface area contributed by atoms with Crippen molar-refractivity contribution in [2.75, 3.05) is 20.2 Å². The quantitative estimate of drug-likeness (QED) is 0.833. The lowest BCUT2D eigenvalue weighted by Gasteiger charge is -2.40. The second kappa shape index (κ2) is 5.97. The largest absolute Gasteiger partial charge is 0.480 e. The van der Waals surface area contributed by atoms with Crippen LogP contribution in [0.1, 0.15) is 58.2 Å². The molecule has 24 heavy (non-hydrogen) atoms. The normalized spacial score (nSPS) is 19.5. The van der Waals surface area contributed by atoms with Crippen molar-refractivity contribution in [1.29, 1.82) is 0 Å². The summed E-state index contributed by atoms with van der Waals surface area (Å²) in [6.07, 6.45) is 3.88. The van der Waals surface area contributed by atoms with Gasteiger partial charge in [-0.05, 0) is 53.4 Å². The van der Waals surface area contributed by atoms with Crippen LogP contribution in [0.2, 0.25) is 0 Å². The van der Waals surface area contributed by atoms with E-state index in [2.05, 4.69) is 16.7 Å². The molecule has 1 aliphatic heterocycles. The van der Waals surface area contributed by atoms with Crippen molar-refractivity contribution in [3.63, 3.8) is 0 Å². The number of aromatic nitrogens is 2. The Balaban J connectivity index is 1.76. The fourth-order valence-corrected chi connectivity index (χ4v) is 4.10. The molecule has 2 aliphatic rings. The average molecular weight is 335 g/mol. The fraction of sp³-hybridized carbons (Fsp3) is 0.778. The number of nitrogens with zero attached hydrogens (tertiary/aromatic N) is 3. The van der Waals surface area contributed by atoms with Gasteiger partial charge in [0, 0.05) is 30.6 Å². The SMILES string of the molecule is CCn1nc(OC)c2c1C1(CC2)CCN(C(=O)OC(C)(C)C)CC1. The van der Waals surface area contributed by atoms with Crippen LogP contribution in [0, 0.1) is 0 Å². The highest BCUT2D eigenvalue weighted by molar-refractivity contribution is 5.68. The lowest BCUT2D eigenvalue weighted by atomic mass is 9.76. The zero-order valence-corrected chi connectivity index (χ0v) is 15.5. The molecule has 134 valence electrons. The molecule has 1 saturated heterocycles. The third kappa shape index (κ3) is 2.87. The predicted octanol–water partition coefficient (Wildman–Crippen LogP) is 3.13. The number of methoxy groups -OCH3 is 1. The summed E-state index contributed by atoms with van der Waals surface area (Å²) >= 11 is 0. The number of hydrogen-bond donors (Lipinski definition) is 0. The number of likely N-dealkylation sites (tertiary alicyclic amines) is 1. The van der Waals surface area contributed by atoms with Gasteiger partial charge in [0.1, 0.15) is 5.60 Å². The van der Waals surface area contributed by atoms with Crippen molar-refractivity contribution in [3.8, 4) is 5.88 Å². The van der Waals surface area contributed by atoms with Gasteiger partial charge in [-0.1, -0.05) is 0 Å². The summed E-state index contributed by atoms with van der Waals surface area (Å²) in [6, 6.07) is 0. The second-order valence-corrected chi connectivity index (χ2v) is 7.90. The Labute approximate surface area is 144 Å². The van der Waals surface area contributed by atoms with Crippen LogP contribution in [0.3, 0.4) is 0 Å². The number of amides is 1. The number of piperidine rings is 1. The highest BCUT2D eigenvalue weighted by Crippen LogP contribution is 2.48. The molecule has 0 unspecified atom stereocenters. The van der Waals surface area contributed by atoms with Gasteiger partial charge in [-0.3, -0.25) is 4.68 Å². The maximum atomic E-state index is 12.3. The molecule has 1 aromatic heterocycles. The number of fused-ring (bicyclic) bond motifs is 2. The van der Waals surface area contributed by atoms with E-state index in [-0.39, 0.29) is 11.5 Å². The number of ether oxygens (including phenoxy) is 2. The minimum atomic E-state index is -0.444. The molecular weight excluding hydrogens is 306 g/mol. The molecule has 0 N–H and O–H groups in total. The molecule has 3 rings (SSSR count). The van der Waals surface area contributed by atoms with Gasteiger partial charge in [-0.25, -0.2) is 4.79 Å².